The van der Waals surface area contributed by atoms with Gasteiger partial charge in [0.1, 0.15) is 5.60 Å². The second-order valence-electron chi connectivity index (χ2n) is 10.6. The Morgan fingerprint density at radius 2 is 1.80 bits per heavy atom. The van der Waals surface area contributed by atoms with Crippen LogP contribution in [0.5, 0.6) is 0 Å². The van der Waals surface area contributed by atoms with Crippen LogP contribution in [0, 0.1) is 5.92 Å². The van der Waals surface area contributed by atoms with Crippen LogP contribution < -0.4 is 0 Å². The van der Waals surface area contributed by atoms with E-state index >= 15 is 0 Å². The third-order valence-corrected chi connectivity index (χ3v) is 7.34. The van der Waals surface area contributed by atoms with Crippen molar-refractivity contribution in [3.8, 4) is 22.8 Å². The SMILES string of the molecule is CCOCCOCC1(OC(=O)O)CCN(Cc2ccc(-c3noc(-c4ccc(CC(C)C)c(Cl)c4)n3)cc2)CC1. The number of hydrogen-bond acceptors (Lipinski definition) is 8. The molecule has 1 aromatic heterocycles. The van der Waals surface area contributed by atoms with Gasteiger partial charge in [0.25, 0.3) is 5.89 Å². The number of ether oxygens (including phenoxy) is 3. The Morgan fingerprint density at radius 1 is 1.10 bits per heavy atom. The molecule has 0 bridgehead atoms. The molecule has 0 radical (unpaired) electrons. The highest BCUT2D eigenvalue weighted by Gasteiger charge is 2.38. The number of benzene rings is 2. The molecule has 1 aliphatic rings. The molecule has 216 valence electrons. The van der Waals surface area contributed by atoms with E-state index < -0.39 is 11.8 Å². The van der Waals surface area contributed by atoms with Gasteiger partial charge in [0.15, 0.2) is 0 Å². The van der Waals surface area contributed by atoms with Gasteiger partial charge in [-0.1, -0.05) is 60.9 Å². The van der Waals surface area contributed by atoms with Crippen LogP contribution in [0.1, 0.15) is 44.7 Å². The maximum Gasteiger partial charge on any atom is 0.506 e. The summed E-state index contributed by atoms with van der Waals surface area (Å²) < 4.78 is 21.8. The van der Waals surface area contributed by atoms with Crippen molar-refractivity contribution in [2.45, 2.75) is 52.2 Å². The summed E-state index contributed by atoms with van der Waals surface area (Å²) in [6.07, 6.45) is 0.784. The number of rotatable bonds is 13. The summed E-state index contributed by atoms with van der Waals surface area (Å²) in [5.41, 5.74) is 3.07. The third-order valence-electron chi connectivity index (χ3n) is 6.98. The van der Waals surface area contributed by atoms with E-state index in [4.69, 9.17) is 30.3 Å². The molecule has 9 nitrogen and oxygen atoms in total. The highest BCUT2D eigenvalue weighted by molar-refractivity contribution is 6.31. The van der Waals surface area contributed by atoms with Crippen molar-refractivity contribution in [2.24, 2.45) is 5.92 Å². The van der Waals surface area contributed by atoms with E-state index in [9.17, 15) is 9.90 Å². The smallest absolute Gasteiger partial charge is 0.450 e. The Bertz CT molecular complexity index is 1240. The largest absolute Gasteiger partial charge is 0.506 e. The average molecular weight is 572 g/mol. The van der Waals surface area contributed by atoms with E-state index in [0.717, 1.165) is 35.2 Å². The molecule has 1 aliphatic heterocycles. The predicted octanol–water partition coefficient (Wildman–Crippen LogP) is 6.34. The van der Waals surface area contributed by atoms with Gasteiger partial charge in [-0.05, 0) is 42.5 Å². The van der Waals surface area contributed by atoms with Crippen molar-refractivity contribution in [1.29, 1.82) is 0 Å². The number of halogens is 1. The number of carboxylic acid groups (broad SMARTS) is 1. The Balaban J connectivity index is 1.32. The first-order chi connectivity index (χ1) is 19.3. The van der Waals surface area contributed by atoms with Gasteiger partial charge in [-0.25, -0.2) is 4.79 Å². The van der Waals surface area contributed by atoms with Gasteiger partial charge < -0.3 is 23.8 Å². The summed E-state index contributed by atoms with van der Waals surface area (Å²) in [7, 11) is 0. The fourth-order valence-electron chi connectivity index (χ4n) is 4.86. The summed E-state index contributed by atoms with van der Waals surface area (Å²) in [4.78, 5) is 18.2. The topological polar surface area (TPSA) is 107 Å². The van der Waals surface area contributed by atoms with Crippen LogP contribution in [-0.4, -0.2) is 71.4 Å². The van der Waals surface area contributed by atoms with E-state index in [0.29, 0.717) is 68.4 Å². The Labute approximate surface area is 240 Å². The van der Waals surface area contributed by atoms with Crippen molar-refractivity contribution in [3.63, 3.8) is 0 Å². The minimum Gasteiger partial charge on any atom is -0.450 e. The zero-order valence-electron chi connectivity index (χ0n) is 23.4. The lowest BCUT2D eigenvalue weighted by atomic mass is 9.91. The van der Waals surface area contributed by atoms with Gasteiger partial charge >= 0.3 is 6.16 Å². The highest BCUT2D eigenvalue weighted by Crippen LogP contribution is 2.30. The zero-order valence-corrected chi connectivity index (χ0v) is 24.2. The van der Waals surface area contributed by atoms with E-state index in [1.54, 1.807) is 0 Å². The van der Waals surface area contributed by atoms with Gasteiger partial charge in [-0.2, -0.15) is 4.98 Å². The van der Waals surface area contributed by atoms with Crippen LogP contribution in [0.2, 0.25) is 5.02 Å². The summed E-state index contributed by atoms with van der Waals surface area (Å²) >= 11 is 6.48. The number of piperidine rings is 1. The van der Waals surface area contributed by atoms with Gasteiger partial charge in [0.05, 0.1) is 19.8 Å². The lowest BCUT2D eigenvalue weighted by Crippen LogP contribution is -2.49. The van der Waals surface area contributed by atoms with Gasteiger partial charge in [0.2, 0.25) is 5.82 Å². The van der Waals surface area contributed by atoms with Gasteiger partial charge in [0, 0.05) is 55.2 Å². The number of carbonyl (C=O) groups is 1. The standard InChI is InChI=1S/C30H38ClN3O6/c1-4-37-15-16-38-20-30(39-29(35)36)11-13-34(14-12-30)19-22-5-7-23(8-6-22)27-32-28(40-33-27)25-10-9-24(17-21(2)3)26(31)18-25/h5-10,18,21H,4,11-17,19-20H2,1-3H3,(H,35,36). The monoisotopic (exact) mass is 571 g/mol. The molecule has 1 N–H and O–H groups in total. The van der Waals surface area contributed by atoms with Gasteiger partial charge in [-0.3, -0.25) is 4.90 Å². The normalized spacial score (nSPS) is 15.4. The quantitative estimate of drug-likeness (QED) is 0.186. The van der Waals surface area contributed by atoms with E-state index in [-0.39, 0.29) is 6.61 Å². The first kappa shape index (κ1) is 30.0. The fraction of sp³-hybridized carbons (Fsp3) is 0.500. The Hall–Kier alpha value is -2.98. The van der Waals surface area contributed by atoms with E-state index in [2.05, 4.69) is 41.0 Å². The molecular weight excluding hydrogens is 534 g/mol. The van der Waals surface area contributed by atoms with Crippen LogP contribution >= 0.6 is 11.6 Å². The van der Waals surface area contributed by atoms with Crippen molar-refractivity contribution >= 4 is 17.8 Å². The maximum atomic E-state index is 11.3. The lowest BCUT2D eigenvalue weighted by Gasteiger charge is -2.40. The second-order valence-corrected chi connectivity index (χ2v) is 11.0. The van der Waals surface area contributed by atoms with Crippen LogP contribution in [0.15, 0.2) is 47.0 Å². The number of aromatic nitrogens is 2. The first-order valence-corrected chi connectivity index (χ1v) is 14.2. The molecule has 0 saturated carbocycles. The summed E-state index contributed by atoms with van der Waals surface area (Å²) in [6, 6.07) is 13.9. The molecule has 0 spiro atoms. The predicted molar refractivity (Wildman–Crippen MR) is 152 cm³/mol. The van der Waals surface area contributed by atoms with Crippen molar-refractivity contribution in [3.05, 3.63) is 58.6 Å². The second kappa shape index (κ2) is 14.1. The van der Waals surface area contributed by atoms with E-state index in [1.807, 2.05) is 37.3 Å². The highest BCUT2D eigenvalue weighted by atomic mass is 35.5. The molecule has 0 aliphatic carbocycles. The number of hydrogen-bond donors (Lipinski definition) is 1. The van der Waals surface area contributed by atoms with Gasteiger partial charge in [-0.15, -0.1) is 0 Å². The van der Waals surface area contributed by atoms with Crippen molar-refractivity contribution in [1.82, 2.24) is 15.0 Å². The maximum absolute atomic E-state index is 11.3. The molecule has 0 amide bonds. The molecule has 3 aromatic rings. The van der Waals surface area contributed by atoms with E-state index in [1.165, 1.54) is 0 Å². The molecule has 10 heteroatoms. The molecule has 1 fully saturated rings. The average Bonchev–Trinajstić information content (AvgIpc) is 3.41. The summed E-state index contributed by atoms with van der Waals surface area (Å²) in [6.45, 7) is 10.1. The van der Waals surface area contributed by atoms with Crippen LogP contribution in [-0.2, 0) is 27.2 Å². The molecular formula is C30H38ClN3O6. The molecule has 40 heavy (non-hydrogen) atoms. The lowest BCUT2D eigenvalue weighted by molar-refractivity contribution is -0.106. The number of likely N-dealkylation sites (tertiary alicyclic amines) is 1. The minimum absolute atomic E-state index is 0.232. The Morgan fingerprint density at radius 3 is 2.45 bits per heavy atom. The number of nitrogens with zero attached hydrogens (tertiary/aromatic N) is 3. The third kappa shape index (κ3) is 8.27. The molecule has 0 unspecified atom stereocenters. The molecule has 1 saturated heterocycles. The summed E-state index contributed by atoms with van der Waals surface area (Å²) in [5.74, 6) is 1.47. The summed E-state index contributed by atoms with van der Waals surface area (Å²) in [5, 5.41) is 14.1. The Kier molecular flexibility index (Phi) is 10.6. The van der Waals surface area contributed by atoms with Crippen molar-refractivity contribution < 1.29 is 28.6 Å². The van der Waals surface area contributed by atoms with Crippen molar-refractivity contribution in [2.75, 3.05) is 39.5 Å². The zero-order chi connectivity index (χ0) is 28.5. The first-order valence-electron chi connectivity index (χ1n) is 13.8. The molecule has 4 rings (SSSR count). The minimum atomic E-state index is -1.27. The van der Waals surface area contributed by atoms with Crippen LogP contribution in [0.3, 0.4) is 0 Å². The fourth-order valence-corrected chi connectivity index (χ4v) is 5.12. The van der Waals surface area contributed by atoms with Crippen LogP contribution in [0.4, 0.5) is 4.79 Å². The van der Waals surface area contributed by atoms with Crippen LogP contribution in [0.25, 0.3) is 22.8 Å². The molecule has 2 aromatic carbocycles. The molecule has 2 heterocycles. The molecule has 0 atom stereocenters.